The molecular weight excluding hydrogens is 298 g/mol. The summed E-state index contributed by atoms with van der Waals surface area (Å²) in [5.74, 6) is 6.38. The van der Waals surface area contributed by atoms with Crippen molar-refractivity contribution in [2.75, 3.05) is 0 Å². The van der Waals surface area contributed by atoms with Crippen molar-refractivity contribution in [3.63, 3.8) is 0 Å². The second-order valence-electron chi connectivity index (χ2n) is 4.78. The molecule has 0 fully saturated rings. The maximum Gasteiger partial charge on any atom is 0.152 e. The molecule has 110 valence electrons. The molecule has 0 amide bonds. The highest BCUT2D eigenvalue weighted by atomic mass is 32.2. The lowest BCUT2D eigenvalue weighted by molar-refractivity contribution is 1.47. The number of thioether (sulfide) groups is 1. The van der Waals surface area contributed by atoms with Gasteiger partial charge in [0, 0.05) is 10.5 Å². The Morgan fingerprint density at radius 1 is 0.696 bits per heavy atom. The van der Waals surface area contributed by atoms with Gasteiger partial charge in [0.15, 0.2) is 5.04 Å². The van der Waals surface area contributed by atoms with Crippen molar-refractivity contribution in [3.8, 4) is 11.8 Å². The van der Waals surface area contributed by atoms with Crippen LogP contribution in [0.25, 0.3) is 0 Å². The third-order valence-electron chi connectivity index (χ3n) is 3.03. The van der Waals surface area contributed by atoms with Crippen LogP contribution in [0, 0.1) is 11.8 Å². The van der Waals surface area contributed by atoms with Gasteiger partial charge in [0.25, 0.3) is 0 Å². The van der Waals surface area contributed by atoms with Gasteiger partial charge in [0.1, 0.15) is 0 Å². The van der Waals surface area contributed by atoms with Gasteiger partial charge in [-0.25, -0.2) is 4.99 Å². The van der Waals surface area contributed by atoms with Gasteiger partial charge in [-0.2, -0.15) is 0 Å². The van der Waals surface area contributed by atoms with Crippen LogP contribution in [0.2, 0.25) is 0 Å². The first-order valence-electron chi connectivity index (χ1n) is 7.34. The highest BCUT2D eigenvalue weighted by molar-refractivity contribution is 8.14. The second-order valence-corrected chi connectivity index (χ2v) is 5.85. The standard InChI is InChI=1S/C21H15NS/c1-4-10-18(11-5-1)16-17-21(22-19-12-6-2-7-13-19)23-20-14-8-3-9-15-20/h1-15H/b22-21-. The van der Waals surface area contributed by atoms with Crippen LogP contribution in [0.3, 0.4) is 0 Å². The summed E-state index contributed by atoms with van der Waals surface area (Å²) in [6.07, 6.45) is 0. The van der Waals surface area contributed by atoms with Gasteiger partial charge in [-0.05, 0) is 42.3 Å². The quantitative estimate of drug-likeness (QED) is 0.261. The fourth-order valence-electron chi connectivity index (χ4n) is 1.94. The summed E-state index contributed by atoms with van der Waals surface area (Å²) >= 11 is 1.58. The summed E-state index contributed by atoms with van der Waals surface area (Å²) in [5, 5.41) is 0.784. The molecule has 0 unspecified atom stereocenters. The molecule has 0 spiro atoms. The number of para-hydroxylation sites is 1. The summed E-state index contributed by atoms with van der Waals surface area (Å²) < 4.78 is 0. The van der Waals surface area contributed by atoms with E-state index in [0.717, 1.165) is 21.2 Å². The van der Waals surface area contributed by atoms with Crippen LogP contribution < -0.4 is 0 Å². The fourth-order valence-corrected chi connectivity index (χ4v) is 2.71. The number of benzene rings is 3. The van der Waals surface area contributed by atoms with E-state index in [9.17, 15) is 0 Å². The topological polar surface area (TPSA) is 12.4 Å². The van der Waals surface area contributed by atoms with Crippen LogP contribution in [0.4, 0.5) is 5.69 Å². The number of hydrogen-bond acceptors (Lipinski definition) is 2. The molecule has 0 aliphatic rings. The Bertz CT molecular complexity index is 829. The van der Waals surface area contributed by atoms with E-state index in [1.807, 2.05) is 78.9 Å². The molecule has 0 N–H and O–H groups in total. The van der Waals surface area contributed by atoms with E-state index in [1.54, 1.807) is 11.8 Å². The van der Waals surface area contributed by atoms with Gasteiger partial charge in [-0.1, -0.05) is 72.3 Å². The number of nitrogens with zero attached hydrogens (tertiary/aromatic N) is 1. The third-order valence-corrected chi connectivity index (χ3v) is 3.93. The number of aliphatic imine (C=N–C) groups is 1. The molecule has 0 aliphatic heterocycles. The lowest BCUT2D eigenvalue weighted by atomic mass is 10.2. The first-order valence-corrected chi connectivity index (χ1v) is 8.15. The Morgan fingerprint density at radius 2 is 1.26 bits per heavy atom. The Morgan fingerprint density at radius 3 is 1.91 bits per heavy atom. The lowest BCUT2D eigenvalue weighted by Crippen LogP contribution is -1.87. The largest absolute Gasteiger partial charge is 0.233 e. The van der Waals surface area contributed by atoms with E-state index in [2.05, 4.69) is 29.0 Å². The zero-order valence-corrected chi connectivity index (χ0v) is 13.3. The van der Waals surface area contributed by atoms with Crippen LogP contribution in [0.15, 0.2) is 101 Å². The highest BCUT2D eigenvalue weighted by Crippen LogP contribution is 2.22. The average Bonchev–Trinajstić information content (AvgIpc) is 2.62. The molecule has 23 heavy (non-hydrogen) atoms. The minimum absolute atomic E-state index is 0.784. The fraction of sp³-hybridized carbons (Fsp3) is 0. The van der Waals surface area contributed by atoms with E-state index >= 15 is 0 Å². The van der Waals surface area contributed by atoms with Crippen LogP contribution in [-0.2, 0) is 0 Å². The van der Waals surface area contributed by atoms with Crippen LogP contribution in [0.1, 0.15) is 5.56 Å². The molecule has 0 heterocycles. The Hall–Kier alpha value is -2.76. The predicted octanol–water partition coefficient (Wildman–Crippen LogP) is 5.56. The van der Waals surface area contributed by atoms with Crippen LogP contribution in [-0.4, -0.2) is 5.04 Å². The van der Waals surface area contributed by atoms with Crippen LogP contribution in [0.5, 0.6) is 0 Å². The molecule has 0 saturated carbocycles. The first-order chi connectivity index (χ1) is 11.4. The molecule has 2 heteroatoms. The van der Waals surface area contributed by atoms with E-state index in [-0.39, 0.29) is 0 Å². The predicted molar refractivity (Wildman–Crippen MR) is 99.2 cm³/mol. The van der Waals surface area contributed by atoms with Crippen LogP contribution >= 0.6 is 11.8 Å². The molecule has 0 aliphatic carbocycles. The van der Waals surface area contributed by atoms with Crippen molar-refractivity contribution in [1.82, 2.24) is 0 Å². The van der Waals surface area contributed by atoms with E-state index in [0.29, 0.717) is 0 Å². The molecule has 3 aromatic rings. The summed E-state index contributed by atoms with van der Waals surface area (Å²) in [6, 6.07) is 30.1. The maximum absolute atomic E-state index is 4.67. The van der Waals surface area contributed by atoms with Crippen molar-refractivity contribution in [3.05, 3.63) is 96.6 Å². The minimum atomic E-state index is 0.784. The second kappa shape index (κ2) is 8.03. The van der Waals surface area contributed by atoms with Gasteiger partial charge in [0.2, 0.25) is 0 Å². The van der Waals surface area contributed by atoms with E-state index in [1.165, 1.54) is 0 Å². The van der Waals surface area contributed by atoms with Gasteiger partial charge >= 0.3 is 0 Å². The molecule has 0 saturated heterocycles. The molecule has 0 atom stereocenters. The molecule has 3 aromatic carbocycles. The third kappa shape index (κ3) is 4.88. The normalized spacial score (nSPS) is 10.7. The van der Waals surface area contributed by atoms with Gasteiger partial charge in [-0.15, -0.1) is 0 Å². The van der Waals surface area contributed by atoms with Gasteiger partial charge in [0.05, 0.1) is 5.69 Å². The van der Waals surface area contributed by atoms with Crippen molar-refractivity contribution in [2.24, 2.45) is 4.99 Å². The summed E-state index contributed by atoms with van der Waals surface area (Å²) in [6.45, 7) is 0. The first kappa shape index (κ1) is 15.1. The average molecular weight is 313 g/mol. The molecule has 1 nitrogen and oxygen atoms in total. The summed E-state index contributed by atoms with van der Waals surface area (Å²) in [7, 11) is 0. The van der Waals surface area contributed by atoms with Gasteiger partial charge in [-0.3, -0.25) is 0 Å². The zero-order valence-electron chi connectivity index (χ0n) is 12.5. The maximum atomic E-state index is 4.67. The van der Waals surface area contributed by atoms with E-state index < -0.39 is 0 Å². The summed E-state index contributed by atoms with van der Waals surface area (Å²) in [5.41, 5.74) is 1.90. The SMILES string of the molecule is C(#Cc1ccccc1)/C(=N/c1ccccc1)Sc1ccccc1. The zero-order chi connectivity index (χ0) is 15.7. The van der Waals surface area contributed by atoms with Crippen molar-refractivity contribution >= 4 is 22.5 Å². The molecule has 0 radical (unpaired) electrons. The number of hydrogen-bond donors (Lipinski definition) is 0. The number of rotatable bonds is 2. The Balaban J connectivity index is 1.91. The molecule has 3 rings (SSSR count). The van der Waals surface area contributed by atoms with E-state index in [4.69, 9.17) is 0 Å². The smallest absolute Gasteiger partial charge is 0.152 e. The Kier molecular flexibility index (Phi) is 5.29. The Labute approximate surface area is 141 Å². The van der Waals surface area contributed by atoms with Gasteiger partial charge < -0.3 is 0 Å². The molecular formula is C21H15NS. The monoisotopic (exact) mass is 313 g/mol. The summed E-state index contributed by atoms with van der Waals surface area (Å²) in [4.78, 5) is 5.80. The highest BCUT2D eigenvalue weighted by Gasteiger charge is 2.00. The molecule has 0 aromatic heterocycles. The minimum Gasteiger partial charge on any atom is -0.233 e. The van der Waals surface area contributed by atoms with Crippen molar-refractivity contribution in [2.45, 2.75) is 4.90 Å². The van der Waals surface area contributed by atoms with Crippen molar-refractivity contribution in [1.29, 1.82) is 0 Å². The van der Waals surface area contributed by atoms with Crippen molar-refractivity contribution < 1.29 is 0 Å². The lowest BCUT2D eigenvalue weighted by Gasteiger charge is -2.00. The molecule has 0 bridgehead atoms.